The Balaban J connectivity index is 1.81. The lowest BCUT2D eigenvalue weighted by molar-refractivity contribution is -0.143. The van der Waals surface area contributed by atoms with E-state index in [1.807, 2.05) is 36.4 Å². The lowest BCUT2D eigenvalue weighted by Gasteiger charge is -2.07. The summed E-state index contributed by atoms with van der Waals surface area (Å²) < 4.78 is 16.2. The summed E-state index contributed by atoms with van der Waals surface area (Å²) in [6, 6.07) is 12.8. The highest BCUT2D eigenvalue weighted by Gasteiger charge is 2.06. The second-order valence-corrected chi connectivity index (χ2v) is 6.37. The van der Waals surface area contributed by atoms with Crippen LogP contribution in [0.25, 0.3) is 6.08 Å². The smallest absolute Gasteiger partial charge is 0.331 e. The van der Waals surface area contributed by atoms with Crippen molar-refractivity contribution in [3.63, 3.8) is 0 Å². The summed E-state index contributed by atoms with van der Waals surface area (Å²) in [5, 5.41) is 2.68. The fraction of sp³-hybridized carbons (Fsp3) is 0.200. The van der Waals surface area contributed by atoms with Gasteiger partial charge in [-0.3, -0.25) is 4.79 Å². The number of benzene rings is 2. The molecule has 1 N–H and O–H groups in total. The molecule has 27 heavy (non-hydrogen) atoms. The molecular formula is C20H20BrNO5. The number of halogens is 1. The summed E-state index contributed by atoms with van der Waals surface area (Å²) in [5.74, 6) is 0.327. The summed E-state index contributed by atoms with van der Waals surface area (Å²) in [6.45, 7) is -0.0403. The van der Waals surface area contributed by atoms with Gasteiger partial charge in [-0.2, -0.15) is 0 Å². The van der Waals surface area contributed by atoms with Gasteiger partial charge in [-0.25, -0.2) is 4.79 Å². The van der Waals surface area contributed by atoms with Crippen LogP contribution in [0.4, 0.5) is 0 Å². The fourth-order valence-electron chi connectivity index (χ4n) is 2.21. The maximum atomic E-state index is 11.8. The lowest BCUT2D eigenvalue weighted by atomic mass is 10.2. The van der Waals surface area contributed by atoms with Gasteiger partial charge in [-0.05, 0) is 42.0 Å². The average Bonchev–Trinajstić information content (AvgIpc) is 2.69. The SMILES string of the molecule is COc1cccc(CNC(=O)COC(=O)/C=C/c2cc(Br)ccc2OC)c1. The molecule has 0 spiro atoms. The first kappa shape index (κ1) is 20.5. The number of amides is 1. The van der Waals surface area contributed by atoms with Crippen LogP contribution in [0.15, 0.2) is 53.0 Å². The van der Waals surface area contributed by atoms with Gasteiger partial charge in [0.2, 0.25) is 0 Å². The van der Waals surface area contributed by atoms with Crippen LogP contribution < -0.4 is 14.8 Å². The third kappa shape index (κ3) is 6.79. The van der Waals surface area contributed by atoms with E-state index in [0.29, 0.717) is 23.6 Å². The van der Waals surface area contributed by atoms with Crippen molar-refractivity contribution in [1.82, 2.24) is 5.32 Å². The number of esters is 1. The van der Waals surface area contributed by atoms with Gasteiger partial charge < -0.3 is 19.5 Å². The maximum Gasteiger partial charge on any atom is 0.331 e. The molecule has 0 bridgehead atoms. The van der Waals surface area contributed by atoms with Crippen molar-refractivity contribution in [2.45, 2.75) is 6.54 Å². The zero-order valence-electron chi connectivity index (χ0n) is 15.0. The first-order valence-electron chi connectivity index (χ1n) is 8.10. The molecule has 6 nitrogen and oxygen atoms in total. The summed E-state index contributed by atoms with van der Waals surface area (Å²) in [4.78, 5) is 23.6. The topological polar surface area (TPSA) is 73.9 Å². The Hall–Kier alpha value is -2.80. The van der Waals surface area contributed by atoms with Crippen molar-refractivity contribution < 1.29 is 23.8 Å². The summed E-state index contributed by atoms with van der Waals surface area (Å²) in [5.41, 5.74) is 1.60. The molecule has 2 aromatic carbocycles. The van der Waals surface area contributed by atoms with Crippen LogP contribution in [-0.4, -0.2) is 32.7 Å². The Morgan fingerprint density at radius 3 is 2.67 bits per heavy atom. The molecule has 2 aromatic rings. The lowest BCUT2D eigenvalue weighted by Crippen LogP contribution is -2.28. The quantitative estimate of drug-likeness (QED) is 0.510. The van der Waals surface area contributed by atoms with Gasteiger partial charge >= 0.3 is 5.97 Å². The largest absolute Gasteiger partial charge is 0.497 e. The van der Waals surface area contributed by atoms with Crippen molar-refractivity contribution in [1.29, 1.82) is 0 Å². The van der Waals surface area contributed by atoms with Crippen LogP contribution in [0.5, 0.6) is 11.5 Å². The van der Waals surface area contributed by atoms with Crippen molar-refractivity contribution in [2.75, 3.05) is 20.8 Å². The van der Waals surface area contributed by atoms with Crippen LogP contribution in [0.1, 0.15) is 11.1 Å². The maximum absolute atomic E-state index is 11.8. The van der Waals surface area contributed by atoms with Crippen molar-refractivity contribution in [3.8, 4) is 11.5 Å². The molecule has 0 aliphatic heterocycles. The van der Waals surface area contributed by atoms with Crippen LogP contribution in [0.2, 0.25) is 0 Å². The number of hydrogen-bond donors (Lipinski definition) is 1. The molecular weight excluding hydrogens is 414 g/mol. The highest BCUT2D eigenvalue weighted by molar-refractivity contribution is 9.10. The van der Waals surface area contributed by atoms with Crippen molar-refractivity contribution in [2.24, 2.45) is 0 Å². The molecule has 0 aliphatic carbocycles. The molecule has 0 fully saturated rings. The third-order valence-electron chi connectivity index (χ3n) is 3.56. The number of methoxy groups -OCH3 is 2. The highest BCUT2D eigenvalue weighted by atomic mass is 79.9. The van der Waals surface area contributed by atoms with E-state index in [4.69, 9.17) is 14.2 Å². The monoisotopic (exact) mass is 433 g/mol. The van der Waals surface area contributed by atoms with Gasteiger partial charge in [0.05, 0.1) is 14.2 Å². The summed E-state index contributed by atoms with van der Waals surface area (Å²) in [7, 11) is 3.12. The molecule has 0 heterocycles. The number of carbonyl (C=O) groups is 2. The molecule has 1 amide bonds. The van der Waals surface area contributed by atoms with Crippen molar-refractivity contribution >= 4 is 33.9 Å². The van der Waals surface area contributed by atoms with E-state index in [0.717, 1.165) is 10.0 Å². The number of nitrogens with one attached hydrogen (secondary N) is 1. The first-order valence-corrected chi connectivity index (χ1v) is 8.89. The van der Waals surface area contributed by atoms with Crippen molar-refractivity contribution in [3.05, 3.63) is 64.1 Å². The summed E-state index contributed by atoms with van der Waals surface area (Å²) >= 11 is 3.36. The standard InChI is InChI=1S/C20H20BrNO5/c1-25-17-5-3-4-14(10-17)12-22-19(23)13-27-20(24)9-6-15-11-16(21)7-8-18(15)26-2/h3-11H,12-13H2,1-2H3,(H,22,23)/b9-6+. The highest BCUT2D eigenvalue weighted by Crippen LogP contribution is 2.24. The van der Waals surface area contributed by atoms with Gasteiger partial charge in [0.15, 0.2) is 6.61 Å². The second kappa shape index (κ2) is 10.4. The van der Waals surface area contributed by atoms with E-state index in [1.165, 1.54) is 6.08 Å². The molecule has 2 rings (SSSR count). The molecule has 0 aliphatic rings. The fourth-order valence-corrected chi connectivity index (χ4v) is 2.59. The van der Waals surface area contributed by atoms with E-state index in [1.54, 1.807) is 26.4 Å². The average molecular weight is 434 g/mol. The Kier molecular flexibility index (Phi) is 7.88. The Morgan fingerprint density at radius 2 is 1.93 bits per heavy atom. The van der Waals surface area contributed by atoms with Gasteiger partial charge in [0, 0.05) is 22.7 Å². The zero-order valence-corrected chi connectivity index (χ0v) is 16.6. The predicted octanol–water partition coefficient (Wildman–Crippen LogP) is 3.34. The summed E-state index contributed by atoms with van der Waals surface area (Å²) in [6.07, 6.45) is 2.82. The predicted molar refractivity (Wildman–Crippen MR) is 106 cm³/mol. The molecule has 142 valence electrons. The molecule has 0 aromatic heterocycles. The second-order valence-electron chi connectivity index (χ2n) is 5.46. The minimum Gasteiger partial charge on any atom is -0.497 e. The third-order valence-corrected chi connectivity index (χ3v) is 4.05. The number of ether oxygens (including phenoxy) is 3. The Bertz CT molecular complexity index is 835. The van der Waals surface area contributed by atoms with Crippen LogP contribution in [0, 0.1) is 0 Å². The molecule has 0 saturated carbocycles. The molecule has 0 saturated heterocycles. The first-order chi connectivity index (χ1) is 13.0. The van der Waals surface area contributed by atoms with Gasteiger partial charge in [-0.1, -0.05) is 28.1 Å². The van der Waals surface area contributed by atoms with Gasteiger partial charge in [0.25, 0.3) is 5.91 Å². The van der Waals surface area contributed by atoms with E-state index in [9.17, 15) is 9.59 Å². The normalized spacial score (nSPS) is 10.5. The van der Waals surface area contributed by atoms with Crippen LogP contribution >= 0.6 is 15.9 Å². The zero-order chi connectivity index (χ0) is 19.6. The van der Waals surface area contributed by atoms with Gasteiger partial charge in [-0.15, -0.1) is 0 Å². The molecule has 7 heteroatoms. The minimum atomic E-state index is -0.617. The van der Waals surface area contributed by atoms with Gasteiger partial charge in [0.1, 0.15) is 11.5 Å². The minimum absolute atomic E-state index is 0.318. The molecule has 0 unspecified atom stereocenters. The molecule has 0 radical (unpaired) electrons. The van der Waals surface area contributed by atoms with Crippen LogP contribution in [0.3, 0.4) is 0 Å². The van der Waals surface area contributed by atoms with E-state index >= 15 is 0 Å². The van der Waals surface area contributed by atoms with E-state index in [2.05, 4.69) is 21.2 Å². The number of carbonyl (C=O) groups excluding carboxylic acids is 2. The molecule has 0 atom stereocenters. The number of rotatable bonds is 8. The van der Waals surface area contributed by atoms with Crippen LogP contribution in [-0.2, 0) is 20.9 Å². The van der Waals surface area contributed by atoms with E-state index in [-0.39, 0.29) is 12.5 Å². The van der Waals surface area contributed by atoms with E-state index < -0.39 is 5.97 Å². The Labute approximate surface area is 166 Å². The Morgan fingerprint density at radius 1 is 1.11 bits per heavy atom. The number of hydrogen-bond acceptors (Lipinski definition) is 5.